The summed E-state index contributed by atoms with van der Waals surface area (Å²) in [5.74, 6) is -4.05. The number of nitrogens with zero attached hydrogens (tertiary/aromatic N) is 4. The number of halogens is 9. The monoisotopic (exact) mass is 1130 g/mol. The van der Waals surface area contributed by atoms with Gasteiger partial charge in [-0.15, -0.1) is 45.3 Å². The highest BCUT2D eigenvalue weighted by Gasteiger charge is 2.25. The van der Waals surface area contributed by atoms with Crippen LogP contribution in [0.4, 0.5) is 26.3 Å². The summed E-state index contributed by atoms with van der Waals surface area (Å²) in [6.07, 6.45) is 10.8. The summed E-state index contributed by atoms with van der Waals surface area (Å²) >= 11 is 16.8. The molecule has 0 radical (unpaired) electrons. The lowest BCUT2D eigenvalue weighted by molar-refractivity contribution is 0.502. The second kappa shape index (κ2) is 22.0. The van der Waals surface area contributed by atoms with E-state index in [0.29, 0.717) is 26.9 Å². The Labute approximate surface area is 393 Å². The minimum atomic E-state index is -0.980. The van der Waals surface area contributed by atoms with Crippen LogP contribution in [0.25, 0.3) is 52.0 Å². The lowest BCUT2D eigenvalue weighted by atomic mass is 10.1. The van der Waals surface area contributed by atoms with Gasteiger partial charge in [-0.05, 0) is 117 Å². The Kier molecular flexibility index (Phi) is 17.4. The topological polar surface area (TPSA) is 51.6 Å². The number of rotatable bonds is 13. The first kappa shape index (κ1) is 47.4. The maximum Gasteiger partial charge on any atom is 0.176 e. The Balaban J connectivity index is 0.000000166. The van der Waals surface area contributed by atoms with Gasteiger partial charge in [0, 0.05) is 39.0 Å². The molecular formula is C41H35Br3F6N4S6. The van der Waals surface area contributed by atoms with Crippen LogP contribution in [-0.2, 0) is 12.8 Å². The van der Waals surface area contributed by atoms with E-state index in [1.165, 1.54) is 57.8 Å². The molecule has 19 heteroatoms. The van der Waals surface area contributed by atoms with Crippen molar-refractivity contribution in [2.75, 3.05) is 0 Å². The van der Waals surface area contributed by atoms with Crippen molar-refractivity contribution in [2.45, 2.75) is 85.0 Å². The molecule has 0 aliphatic rings. The van der Waals surface area contributed by atoms with Gasteiger partial charge in [-0.1, -0.05) is 52.4 Å². The molecule has 6 heterocycles. The van der Waals surface area contributed by atoms with E-state index in [2.05, 4.69) is 98.2 Å². The molecule has 0 aliphatic carbocycles. The van der Waals surface area contributed by atoms with Crippen LogP contribution >= 0.6 is 117 Å². The van der Waals surface area contributed by atoms with Crippen molar-refractivity contribution in [1.82, 2.24) is 17.5 Å². The van der Waals surface area contributed by atoms with Gasteiger partial charge in [0.25, 0.3) is 0 Å². The Morgan fingerprint density at radius 2 is 0.883 bits per heavy atom. The summed E-state index contributed by atoms with van der Waals surface area (Å²) in [6, 6.07) is 11.0. The standard InChI is InChI=1S/C20H16BrF3N2S3.C15H19FS2.C6Br2F2N2S/c1-2-3-4-5-6-11-10(22)9-14(27-11)12-7-8-13(28-12)15-17(23)18(24)16(21)20-19(15)25-29-26-20;1-3-4-5-6-7-13-12(16)10-15(18-13)14-9-8-11(2)17-14;7-1-3(9)4(10)2(8)6-5(1)11-13-12-6/h7-9H,2-6H2,1H3;8-10H,3-7H2,1-2H3;. The average Bonchev–Trinajstić information content (AvgIpc) is 4.10. The quantitative estimate of drug-likeness (QED) is 0.0500. The van der Waals surface area contributed by atoms with Crippen LogP contribution in [0.5, 0.6) is 0 Å². The summed E-state index contributed by atoms with van der Waals surface area (Å²) < 4.78 is 99.2. The lowest BCUT2D eigenvalue weighted by Crippen LogP contribution is -1.93. The molecule has 0 N–H and O–H groups in total. The van der Waals surface area contributed by atoms with E-state index < -0.39 is 23.3 Å². The third-order valence-electron chi connectivity index (χ3n) is 9.13. The van der Waals surface area contributed by atoms with Gasteiger partial charge in [-0.3, -0.25) is 0 Å². The summed E-state index contributed by atoms with van der Waals surface area (Å²) in [6.45, 7) is 6.43. The number of thiophene rings is 4. The Morgan fingerprint density at radius 3 is 1.35 bits per heavy atom. The SMILES string of the molecule is CCCCCCc1sc(-c2ccc(-c3c(F)c(F)c(Br)c4nsnc34)s2)cc1F.CCCCCCc1sc(-c2ccc(C)s2)cc1F.Fc1c(F)c(Br)c2nsnc2c1Br. The van der Waals surface area contributed by atoms with E-state index in [-0.39, 0.29) is 30.6 Å². The summed E-state index contributed by atoms with van der Waals surface area (Å²) in [5.41, 5.74) is 1.38. The zero-order chi connectivity index (χ0) is 43.1. The molecule has 0 fully saturated rings. The van der Waals surface area contributed by atoms with Crippen molar-refractivity contribution in [1.29, 1.82) is 0 Å². The lowest BCUT2D eigenvalue weighted by Gasteiger charge is -2.04. The zero-order valence-corrected chi connectivity index (χ0v) is 41.8. The number of fused-ring (bicyclic) bond motifs is 2. The normalized spacial score (nSPS) is 11.3. The highest BCUT2D eigenvalue weighted by molar-refractivity contribution is 9.11. The first-order valence-corrected chi connectivity index (χ1v) is 25.9. The predicted octanol–water partition coefficient (Wildman–Crippen LogP) is 18.0. The van der Waals surface area contributed by atoms with Crippen LogP contribution in [-0.4, -0.2) is 17.5 Å². The molecule has 318 valence electrons. The first-order valence-electron chi connectivity index (χ1n) is 18.8. The highest BCUT2D eigenvalue weighted by Crippen LogP contribution is 2.44. The van der Waals surface area contributed by atoms with E-state index in [0.717, 1.165) is 92.8 Å². The van der Waals surface area contributed by atoms with Gasteiger partial charge in [-0.2, -0.15) is 17.5 Å². The molecule has 0 amide bonds. The molecule has 0 spiro atoms. The second-order valence-corrected chi connectivity index (χ2v) is 21.5. The average molecular weight is 1130 g/mol. The maximum atomic E-state index is 14.7. The molecule has 0 saturated carbocycles. The van der Waals surface area contributed by atoms with Crippen molar-refractivity contribution < 1.29 is 26.3 Å². The van der Waals surface area contributed by atoms with Gasteiger partial charge in [0.15, 0.2) is 23.3 Å². The molecule has 0 saturated heterocycles. The van der Waals surface area contributed by atoms with E-state index >= 15 is 0 Å². The Hall–Kier alpha value is -2.10. The number of aryl methyl sites for hydroxylation is 3. The number of hydrogen-bond acceptors (Lipinski definition) is 10. The summed E-state index contributed by atoms with van der Waals surface area (Å²) in [7, 11) is 0. The molecule has 8 rings (SSSR count). The van der Waals surface area contributed by atoms with E-state index in [1.54, 1.807) is 34.8 Å². The predicted molar refractivity (Wildman–Crippen MR) is 252 cm³/mol. The van der Waals surface area contributed by atoms with Crippen molar-refractivity contribution >= 4 is 139 Å². The van der Waals surface area contributed by atoms with Crippen LogP contribution in [0, 0.1) is 41.8 Å². The van der Waals surface area contributed by atoms with Crippen LogP contribution in [0.2, 0.25) is 0 Å². The minimum absolute atomic E-state index is 0.0111. The smallest absolute Gasteiger partial charge is 0.176 e. The highest BCUT2D eigenvalue weighted by atomic mass is 79.9. The molecule has 8 aromatic rings. The van der Waals surface area contributed by atoms with Gasteiger partial charge >= 0.3 is 0 Å². The Morgan fingerprint density at radius 1 is 0.467 bits per heavy atom. The molecule has 0 aliphatic heterocycles. The largest absolute Gasteiger partial charge is 0.206 e. The fourth-order valence-corrected chi connectivity index (χ4v) is 13.1. The van der Waals surface area contributed by atoms with Crippen LogP contribution in [0.3, 0.4) is 0 Å². The van der Waals surface area contributed by atoms with Gasteiger partial charge < -0.3 is 0 Å². The van der Waals surface area contributed by atoms with Gasteiger partial charge in [0.2, 0.25) is 0 Å². The fourth-order valence-electron chi connectivity index (χ4n) is 6.01. The Bertz CT molecular complexity index is 2660. The molecular weight excluding hydrogens is 1090 g/mol. The van der Waals surface area contributed by atoms with Gasteiger partial charge in [0.05, 0.1) is 42.4 Å². The van der Waals surface area contributed by atoms with E-state index in [1.807, 2.05) is 6.07 Å². The van der Waals surface area contributed by atoms with Crippen molar-refractivity contribution in [3.8, 4) is 29.9 Å². The number of hydrogen-bond donors (Lipinski definition) is 0. The second-order valence-electron chi connectivity index (χ2n) is 13.5. The van der Waals surface area contributed by atoms with Crippen molar-refractivity contribution in [2.24, 2.45) is 0 Å². The van der Waals surface area contributed by atoms with E-state index in [4.69, 9.17) is 0 Å². The number of aromatic nitrogens is 4. The van der Waals surface area contributed by atoms with Crippen molar-refractivity contribution in [3.63, 3.8) is 0 Å². The molecule has 0 atom stereocenters. The van der Waals surface area contributed by atoms with Gasteiger partial charge in [-0.25, -0.2) is 26.3 Å². The van der Waals surface area contributed by atoms with Crippen LogP contribution < -0.4 is 0 Å². The van der Waals surface area contributed by atoms with Crippen molar-refractivity contribution in [3.05, 3.63) is 99.4 Å². The molecule has 2 aromatic carbocycles. The van der Waals surface area contributed by atoms with Gasteiger partial charge in [0.1, 0.15) is 33.7 Å². The number of unbranched alkanes of at least 4 members (excludes halogenated alkanes) is 6. The summed E-state index contributed by atoms with van der Waals surface area (Å²) in [4.78, 5) is 7.39. The fraction of sp³-hybridized carbons (Fsp3) is 0.317. The molecule has 0 unspecified atom stereocenters. The first-order chi connectivity index (χ1) is 28.8. The molecule has 0 bridgehead atoms. The minimum Gasteiger partial charge on any atom is -0.206 e. The zero-order valence-electron chi connectivity index (χ0n) is 32.2. The third-order valence-corrected chi connectivity index (χ3v) is 17.2. The van der Waals surface area contributed by atoms with Crippen LogP contribution in [0.15, 0.2) is 49.8 Å². The summed E-state index contributed by atoms with van der Waals surface area (Å²) in [5, 5.41) is 0. The molecule has 6 aromatic heterocycles. The van der Waals surface area contributed by atoms with E-state index in [9.17, 15) is 26.3 Å². The molecule has 4 nitrogen and oxygen atoms in total. The third kappa shape index (κ3) is 11.0. The number of benzene rings is 2. The van der Waals surface area contributed by atoms with Crippen LogP contribution in [0.1, 0.15) is 79.8 Å². The molecule has 60 heavy (non-hydrogen) atoms. The maximum absolute atomic E-state index is 14.7.